The zero-order valence-electron chi connectivity index (χ0n) is 12.5. The van der Waals surface area contributed by atoms with Crippen LogP contribution in [0, 0.1) is 6.92 Å². The Hall–Kier alpha value is -2.30. The molecule has 0 heterocycles. The zero-order valence-corrected chi connectivity index (χ0v) is 12.5. The van der Waals surface area contributed by atoms with Gasteiger partial charge >= 0.3 is 12.0 Å². The summed E-state index contributed by atoms with van der Waals surface area (Å²) >= 11 is 0. The van der Waals surface area contributed by atoms with Crippen LogP contribution in [0.5, 0.6) is 0 Å². The quantitative estimate of drug-likeness (QED) is 0.599. The van der Waals surface area contributed by atoms with Gasteiger partial charge in [-0.15, -0.1) is 0 Å². The molecule has 2 amide bonds. The van der Waals surface area contributed by atoms with Crippen molar-refractivity contribution in [1.29, 1.82) is 0 Å². The molecule has 0 bridgehead atoms. The number of urea groups is 1. The van der Waals surface area contributed by atoms with E-state index >= 15 is 0 Å². The Morgan fingerprint density at radius 1 is 1.29 bits per heavy atom. The van der Waals surface area contributed by atoms with Gasteiger partial charge in [0, 0.05) is 18.8 Å². The third-order valence-electron chi connectivity index (χ3n) is 2.96. The molecule has 5 nitrogen and oxygen atoms in total. The summed E-state index contributed by atoms with van der Waals surface area (Å²) in [5.41, 5.74) is 1.79. The number of nitrogens with zero attached hydrogens (tertiary/aromatic N) is 1. The Balaban J connectivity index is 2.73. The van der Waals surface area contributed by atoms with E-state index in [0.717, 1.165) is 12.0 Å². The Labute approximate surface area is 125 Å². The summed E-state index contributed by atoms with van der Waals surface area (Å²) in [6.45, 7) is 4.56. The van der Waals surface area contributed by atoms with Gasteiger partial charge in [0.15, 0.2) is 0 Å². The molecule has 0 spiro atoms. The van der Waals surface area contributed by atoms with E-state index in [2.05, 4.69) is 5.32 Å². The predicted octanol–water partition coefficient (Wildman–Crippen LogP) is 2.95. The lowest BCUT2D eigenvalue weighted by atomic mass is 10.2. The van der Waals surface area contributed by atoms with E-state index < -0.39 is 5.97 Å². The molecule has 0 fully saturated rings. The van der Waals surface area contributed by atoms with Crippen molar-refractivity contribution in [2.45, 2.75) is 26.7 Å². The molecule has 5 heteroatoms. The monoisotopic (exact) mass is 290 g/mol. The lowest BCUT2D eigenvalue weighted by Gasteiger charge is -2.22. The fourth-order valence-electron chi connectivity index (χ4n) is 1.80. The second kappa shape index (κ2) is 8.79. The van der Waals surface area contributed by atoms with E-state index in [0.29, 0.717) is 12.2 Å². The van der Waals surface area contributed by atoms with Gasteiger partial charge in [0.05, 0.1) is 6.42 Å². The molecule has 0 aliphatic heterocycles. The van der Waals surface area contributed by atoms with E-state index in [1.807, 2.05) is 50.3 Å². The third-order valence-corrected chi connectivity index (χ3v) is 2.96. The van der Waals surface area contributed by atoms with Crippen LogP contribution in [0.4, 0.5) is 10.5 Å². The number of nitrogens with one attached hydrogen (secondary N) is 1. The van der Waals surface area contributed by atoms with E-state index in [1.165, 1.54) is 4.90 Å². The minimum absolute atomic E-state index is 0.0871. The van der Waals surface area contributed by atoms with Gasteiger partial charge in [-0.2, -0.15) is 0 Å². The van der Waals surface area contributed by atoms with Crippen molar-refractivity contribution >= 4 is 17.7 Å². The summed E-state index contributed by atoms with van der Waals surface area (Å²) in [7, 11) is 0. The number of anilines is 1. The van der Waals surface area contributed by atoms with Crippen molar-refractivity contribution in [3.05, 3.63) is 42.0 Å². The molecule has 0 atom stereocenters. The van der Waals surface area contributed by atoms with Crippen LogP contribution in [-0.4, -0.2) is 30.2 Å². The largest absolute Gasteiger partial charge is 0.481 e. The number of aryl methyl sites for hydroxylation is 1. The van der Waals surface area contributed by atoms with Crippen LogP contribution in [0.2, 0.25) is 0 Å². The highest BCUT2D eigenvalue weighted by Crippen LogP contribution is 2.15. The standard InChI is InChI=1S/C16H22N2O3/c1-3-4-5-11-17-16(21)18(12-10-15(19)20)14-8-6-13(2)7-9-14/h3-4,6-9H,5,10-12H2,1-2H3,(H,17,21)(H,19,20)/b4-3+. The molecule has 2 N–H and O–H groups in total. The molecule has 1 aromatic carbocycles. The molecule has 0 unspecified atom stereocenters. The smallest absolute Gasteiger partial charge is 0.321 e. The topological polar surface area (TPSA) is 69.6 Å². The van der Waals surface area contributed by atoms with Crippen LogP contribution < -0.4 is 10.2 Å². The summed E-state index contributed by atoms with van der Waals surface area (Å²) in [6, 6.07) is 7.17. The highest BCUT2D eigenvalue weighted by atomic mass is 16.4. The van der Waals surface area contributed by atoms with Gasteiger partial charge in [-0.05, 0) is 32.4 Å². The number of carboxylic acids is 1. The molecule has 0 aliphatic carbocycles. The first-order valence-corrected chi connectivity index (χ1v) is 6.99. The van der Waals surface area contributed by atoms with Crippen LogP contribution in [0.15, 0.2) is 36.4 Å². The maximum absolute atomic E-state index is 12.2. The van der Waals surface area contributed by atoms with Crippen LogP contribution >= 0.6 is 0 Å². The number of carbonyl (C=O) groups is 2. The van der Waals surface area contributed by atoms with Crippen LogP contribution in [-0.2, 0) is 4.79 Å². The minimum atomic E-state index is -0.922. The summed E-state index contributed by atoms with van der Waals surface area (Å²) < 4.78 is 0. The van der Waals surface area contributed by atoms with Crippen molar-refractivity contribution in [3.63, 3.8) is 0 Å². The first kappa shape index (κ1) is 16.8. The van der Waals surface area contributed by atoms with E-state index in [4.69, 9.17) is 5.11 Å². The first-order valence-electron chi connectivity index (χ1n) is 6.99. The third kappa shape index (κ3) is 6.12. The Morgan fingerprint density at radius 3 is 2.52 bits per heavy atom. The normalized spacial score (nSPS) is 10.6. The highest BCUT2D eigenvalue weighted by molar-refractivity contribution is 5.92. The lowest BCUT2D eigenvalue weighted by molar-refractivity contribution is -0.136. The second-order valence-electron chi connectivity index (χ2n) is 4.72. The molecule has 21 heavy (non-hydrogen) atoms. The van der Waals surface area contributed by atoms with E-state index in [9.17, 15) is 9.59 Å². The fraction of sp³-hybridized carbons (Fsp3) is 0.375. The molecule has 0 aromatic heterocycles. The van der Waals surface area contributed by atoms with Gasteiger partial charge in [-0.3, -0.25) is 9.69 Å². The number of hydrogen-bond acceptors (Lipinski definition) is 2. The fourth-order valence-corrected chi connectivity index (χ4v) is 1.80. The number of benzene rings is 1. The highest BCUT2D eigenvalue weighted by Gasteiger charge is 2.16. The van der Waals surface area contributed by atoms with Gasteiger partial charge in [-0.1, -0.05) is 29.8 Å². The van der Waals surface area contributed by atoms with E-state index in [-0.39, 0.29) is 19.0 Å². The van der Waals surface area contributed by atoms with Gasteiger partial charge in [0.25, 0.3) is 0 Å². The molecule has 0 aliphatic rings. The van der Waals surface area contributed by atoms with Gasteiger partial charge < -0.3 is 10.4 Å². The second-order valence-corrected chi connectivity index (χ2v) is 4.72. The predicted molar refractivity (Wildman–Crippen MR) is 83.6 cm³/mol. The molecular formula is C16H22N2O3. The lowest BCUT2D eigenvalue weighted by Crippen LogP contribution is -2.41. The Morgan fingerprint density at radius 2 is 1.95 bits per heavy atom. The summed E-state index contributed by atoms with van der Waals surface area (Å²) in [5.74, 6) is -0.922. The average molecular weight is 290 g/mol. The van der Waals surface area contributed by atoms with Crippen molar-refractivity contribution in [2.75, 3.05) is 18.0 Å². The zero-order chi connectivity index (χ0) is 15.7. The maximum Gasteiger partial charge on any atom is 0.321 e. The molecule has 0 saturated carbocycles. The molecular weight excluding hydrogens is 268 g/mol. The van der Waals surface area contributed by atoms with Crippen LogP contribution in [0.3, 0.4) is 0 Å². The molecule has 0 saturated heterocycles. The van der Waals surface area contributed by atoms with Crippen molar-refractivity contribution in [3.8, 4) is 0 Å². The number of carboxylic acid groups (broad SMARTS) is 1. The average Bonchev–Trinajstić information content (AvgIpc) is 2.45. The van der Waals surface area contributed by atoms with E-state index in [1.54, 1.807) is 0 Å². The van der Waals surface area contributed by atoms with Gasteiger partial charge in [-0.25, -0.2) is 4.79 Å². The number of allylic oxidation sites excluding steroid dienone is 1. The van der Waals surface area contributed by atoms with Crippen LogP contribution in [0.1, 0.15) is 25.3 Å². The SMILES string of the molecule is C/C=C/CCNC(=O)N(CCC(=O)O)c1ccc(C)cc1. The number of aliphatic carboxylic acids is 1. The van der Waals surface area contributed by atoms with Crippen molar-refractivity contribution < 1.29 is 14.7 Å². The van der Waals surface area contributed by atoms with Crippen LogP contribution in [0.25, 0.3) is 0 Å². The number of carbonyl (C=O) groups excluding carboxylic acids is 1. The summed E-state index contributed by atoms with van der Waals surface area (Å²) in [4.78, 5) is 24.4. The van der Waals surface area contributed by atoms with Crippen molar-refractivity contribution in [2.24, 2.45) is 0 Å². The van der Waals surface area contributed by atoms with Crippen molar-refractivity contribution in [1.82, 2.24) is 5.32 Å². The Kier molecular flexibility index (Phi) is 7.01. The first-order chi connectivity index (χ1) is 10.0. The Bertz CT molecular complexity index is 495. The van der Waals surface area contributed by atoms with Gasteiger partial charge in [0.1, 0.15) is 0 Å². The molecule has 114 valence electrons. The van der Waals surface area contributed by atoms with Gasteiger partial charge in [0.2, 0.25) is 0 Å². The summed E-state index contributed by atoms with van der Waals surface area (Å²) in [5, 5.41) is 11.6. The molecule has 1 aromatic rings. The molecule has 0 radical (unpaired) electrons. The maximum atomic E-state index is 12.2. The number of rotatable bonds is 7. The minimum Gasteiger partial charge on any atom is -0.481 e. The number of hydrogen-bond donors (Lipinski definition) is 2. The summed E-state index contributed by atoms with van der Waals surface area (Å²) in [6.07, 6.45) is 4.56. The number of amides is 2. The molecule has 1 rings (SSSR count).